The van der Waals surface area contributed by atoms with Crippen LogP contribution in [-0.4, -0.2) is 48.9 Å². The lowest BCUT2D eigenvalue weighted by atomic mass is 10.1. The maximum absolute atomic E-state index is 12.5. The van der Waals surface area contributed by atoms with Crippen LogP contribution < -0.4 is 21.3 Å². The second-order valence-electron chi connectivity index (χ2n) is 8.83. The van der Waals surface area contributed by atoms with Gasteiger partial charge in [0.2, 0.25) is 0 Å². The summed E-state index contributed by atoms with van der Waals surface area (Å²) in [5.41, 5.74) is 2.78. The fraction of sp³-hybridized carbons (Fsp3) is 0.435. The van der Waals surface area contributed by atoms with Gasteiger partial charge in [0, 0.05) is 31.5 Å². The number of hydrogen-bond acceptors (Lipinski definition) is 7. The number of halogens is 1. The molecular weight excluding hydrogens is 537 g/mol. The molecule has 1 unspecified atom stereocenters. The van der Waals surface area contributed by atoms with E-state index in [9.17, 15) is 9.59 Å². The smallest absolute Gasteiger partial charge is 0.408 e. The molecule has 0 saturated heterocycles. The first kappa shape index (κ1) is 25.0. The Morgan fingerprint density at radius 1 is 1.30 bits per heavy atom. The molecule has 1 atom stereocenters. The minimum absolute atomic E-state index is 0.152. The predicted octanol–water partition coefficient (Wildman–Crippen LogP) is 3.93. The van der Waals surface area contributed by atoms with Crippen LogP contribution in [-0.2, 0) is 16.0 Å². The van der Waals surface area contributed by atoms with Gasteiger partial charge in [0.1, 0.15) is 17.2 Å². The molecule has 0 fully saturated rings. The molecule has 0 bridgehead atoms. The molecule has 33 heavy (non-hydrogen) atoms. The molecule has 2 heterocycles. The Bertz CT molecular complexity index is 1040. The molecule has 1 aliphatic heterocycles. The van der Waals surface area contributed by atoms with Gasteiger partial charge in [-0.25, -0.2) is 9.78 Å². The number of alkyl carbamates (subject to hydrolysis) is 1. The van der Waals surface area contributed by atoms with E-state index in [1.165, 1.54) is 0 Å². The number of nitrogens with zero attached hydrogens (tertiary/aromatic N) is 1. The molecule has 0 aliphatic carbocycles. The first-order valence-electron chi connectivity index (χ1n) is 10.6. The maximum Gasteiger partial charge on any atom is 0.408 e. The van der Waals surface area contributed by atoms with E-state index in [0.717, 1.165) is 20.4 Å². The molecule has 1 aromatic carbocycles. The summed E-state index contributed by atoms with van der Waals surface area (Å²) in [5.74, 6) is 0.950. The zero-order chi connectivity index (χ0) is 24.2. The third-order valence-electron chi connectivity index (χ3n) is 4.77. The summed E-state index contributed by atoms with van der Waals surface area (Å²) >= 11 is 2.19. The summed E-state index contributed by atoms with van der Waals surface area (Å²) in [4.78, 5) is 29.4. The Kier molecular flexibility index (Phi) is 8.01. The molecule has 178 valence electrons. The number of fused-ring (bicyclic) bond motifs is 1. The van der Waals surface area contributed by atoms with E-state index in [-0.39, 0.29) is 11.9 Å². The second kappa shape index (κ2) is 10.6. The molecular formula is C23H30IN5O4. The summed E-state index contributed by atoms with van der Waals surface area (Å²) in [6, 6.07) is 7.53. The van der Waals surface area contributed by atoms with E-state index in [1.807, 2.05) is 52.0 Å². The molecule has 4 N–H and O–H groups in total. The molecule has 0 radical (unpaired) electrons. The number of aryl methyl sites for hydroxylation is 1. The largest absolute Gasteiger partial charge is 0.444 e. The highest BCUT2D eigenvalue weighted by molar-refractivity contribution is 14.1. The zero-order valence-electron chi connectivity index (χ0n) is 19.5. The zero-order valence-corrected chi connectivity index (χ0v) is 21.6. The van der Waals surface area contributed by atoms with Crippen molar-refractivity contribution in [2.75, 3.05) is 30.9 Å². The Morgan fingerprint density at radius 3 is 2.73 bits per heavy atom. The quantitative estimate of drug-likeness (QED) is 0.358. The predicted molar refractivity (Wildman–Crippen MR) is 136 cm³/mol. The van der Waals surface area contributed by atoms with E-state index >= 15 is 0 Å². The number of rotatable bonds is 8. The number of aromatic nitrogens is 1. The molecule has 0 spiro atoms. The lowest BCUT2D eigenvalue weighted by Crippen LogP contribution is -2.45. The monoisotopic (exact) mass is 567 g/mol. The Hall–Kier alpha value is -2.60. The highest BCUT2D eigenvalue weighted by Crippen LogP contribution is 2.33. The van der Waals surface area contributed by atoms with Crippen LogP contribution in [0.4, 0.5) is 22.1 Å². The van der Waals surface area contributed by atoms with Crippen molar-refractivity contribution in [1.82, 2.24) is 15.6 Å². The number of carbonyl (C=O) groups is 2. The van der Waals surface area contributed by atoms with Crippen molar-refractivity contribution in [3.05, 3.63) is 44.5 Å². The van der Waals surface area contributed by atoms with Gasteiger partial charge in [0.05, 0.1) is 21.8 Å². The van der Waals surface area contributed by atoms with Crippen molar-refractivity contribution in [1.29, 1.82) is 0 Å². The Balaban J connectivity index is 1.82. The number of nitrogens with one attached hydrogen (secondary N) is 4. The van der Waals surface area contributed by atoms with Gasteiger partial charge in [-0.3, -0.25) is 4.79 Å². The number of carbonyl (C=O) groups excluding carboxylic acids is 2. The second-order valence-corrected chi connectivity index (χ2v) is 9.91. The summed E-state index contributed by atoms with van der Waals surface area (Å²) in [5, 5.41) is 12.3. The molecule has 2 amide bonds. The van der Waals surface area contributed by atoms with Crippen molar-refractivity contribution in [3.8, 4) is 0 Å². The highest BCUT2D eigenvalue weighted by atomic mass is 127. The maximum atomic E-state index is 12.5. The van der Waals surface area contributed by atoms with Crippen molar-refractivity contribution in [2.24, 2.45) is 0 Å². The molecule has 1 aliphatic rings. The van der Waals surface area contributed by atoms with E-state index in [2.05, 4.69) is 43.9 Å². The molecule has 10 heteroatoms. The van der Waals surface area contributed by atoms with Gasteiger partial charge in [-0.15, -0.1) is 0 Å². The van der Waals surface area contributed by atoms with Crippen LogP contribution in [0.5, 0.6) is 0 Å². The van der Waals surface area contributed by atoms with E-state index in [1.54, 1.807) is 7.11 Å². The van der Waals surface area contributed by atoms with Gasteiger partial charge in [0.25, 0.3) is 5.91 Å². The number of hydrogen-bond donors (Lipinski definition) is 4. The van der Waals surface area contributed by atoms with E-state index < -0.39 is 11.7 Å². The summed E-state index contributed by atoms with van der Waals surface area (Å²) in [6.45, 7) is 8.53. The average Bonchev–Trinajstić information content (AvgIpc) is 3.10. The molecule has 9 nitrogen and oxygen atoms in total. The highest BCUT2D eigenvalue weighted by Gasteiger charge is 2.29. The first-order chi connectivity index (χ1) is 15.6. The van der Waals surface area contributed by atoms with Crippen LogP contribution >= 0.6 is 22.6 Å². The molecule has 1 aromatic heterocycles. The van der Waals surface area contributed by atoms with Crippen molar-refractivity contribution < 1.29 is 19.1 Å². The number of amides is 2. The number of methoxy groups -OCH3 is 1. The van der Waals surface area contributed by atoms with Gasteiger partial charge in [-0.05, 0) is 68.0 Å². The van der Waals surface area contributed by atoms with Crippen LogP contribution in [0.2, 0.25) is 0 Å². The lowest BCUT2D eigenvalue weighted by Gasteiger charge is -2.24. The summed E-state index contributed by atoms with van der Waals surface area (Å²) < 4.78 is 11.5. The normalized spacial score (nSPS) is 13.7. The fourth-order valence-corrected chi connectivity index (χ4v) is 4.17. The van der Waals surface area contributed by atoms with Crippen LogP contribution in [0, 0.1) is 10.5 Å². The number of anilines is 3. The van der Waals surface area contributed by atoms with Gasteiger partial charge in [-0.1, -0.05) is 12.1 Å². The Morgan fingerprint density at radius 2 is 2.06 bits per heavy atom. The topological polar surface area (TPSA) is 114 Å². The van der Waals surface area contributed by atoms with E-state index in [0.29, 0.717) is 36.9 Å². The minimum atomic E-state index is -0.595. The summed E-state index contributed by atoms with van der Waals surface area (Å²) in [6.07, 6.45) is -0.514. The van der Waals surface area contributed by atoms with Crippen molar-refractivity contribution in [2.45, 2.75) is 45.9 Å². The lowest BCUT2D eigenvalue weighted by molar-refractivity contribution is 0.0474. The van der Waals surface area contributed by atoms with Crippen LogP contribution in [0.1, 0.15) is 42.3 Å². The number of ether oxygens (including phenoxy) is 2. The Labute approximate surface area is 207 Å². The number of benzene rings is 1. The third-order valence-corrected chi connectivity index (χ3v) is 5.94. The SMILES string of the molecule is COCC(CNc1nc(Nc2cccc(C)c2)c2c(c1I)CNC2=O)NC(=O)OC(C)(C)C. The molecule has 2 aromatic rings. The van der Waals surface area contributed by atoms with Crippen molar-refractivity contribution >= 4 is 51.9 Å². The van der Waals surface area contributed by atoms with Gasteiger partial charge in [-0.2, -0.15) is 0 Å². The van der Waals surface area contributed by atoms with Gasteiger partial charge >= 0.3 is 6.09 Å². The van der Waals surface area contributed by atoms with Crippen molar-refractivity contribution in [3.63, 3.8) is 0 Å². The third kappa shape index (κ3) is 6.70. The van der Waals surface area contributed by atoms with Crippen LogP contribution in [0.15, 0.2) is 24.3 Å². The standard InChI is InChI=1S/C23H30IN5O4/c1-13-7-6-8-14(9-13)27-19-17-16(11-26-21(17)30)18(24)20(29-19)25-10-15(12-32-5)28-22(31)33-23(2,3)4/h6-9,15H,10-12H2,1-5H3,(H,26,30)(H,28,31)(H2,25,27,29). The average molecular weight is 567 g/mol. The fourth-order valence-electron chi connectivity index (χ4n) is 3.39. The van der Waals surface area contributed by atoms with Gasteiger partial charge in [0.15, 0.2) is 0 Å². The van der Waals surface area contributed by atoms with Crippen LogP contribution in [0.25, 0.3) is 0 Å². The van der Waals surface area contributed by atoms with Gasteiger partial charge < -0.3 is 30.7 Å². The van der Waals surface area contributed by atoms with E-state index in [4.69, 9.17) is 14.5 Å². The van der Waals surface area contributed by atoms with Crippen LogP contribution in [0.3, 0.4) is 0 Å². The summed E-state index contributed by atoms with van der Waals surface area (Å²) in [7, 11) is 1.57. The minimum Gasteiger partial charge on any atom is -0.444 e. The number of pyridine rings is 1. The molecule has 3 rings (SSSR count). The first-order valence-corrected chi connectivity index (χ1v) is 11.7. The molecule has 0 saturated carbocycles.